The van der Waals surface area contributed by atoms with E-state index in [2.05, 4.69) is 84.9 Å². The largest absolute Gasteiger partial charge is 0.494 e. The van der Waals surface area contributed by atoms with Gasteiger partial charge < -0.3 is 19.7 Å². The Bertz CT molecular complexity index is 1570. The average Bonchev–Trinajstić information content (AvgIpc) is 3.65. The number of fused-ring (bicyclic) bond motifs is 10. The molecule has 0 fully saturated rings. The van der Waals surface area contributed by atoms with Crippen LogP contribution in [-0.4, -0.2) is 36.6 Å². The van der Waals surface area contributed by atoms with Crippen LogP contribution in [0.2, 0.25) is 0 Å². The van der Waals surface area contributed by atoms with Crippen molar-refractivity contribution in [2.24, 2.45) is 0 Å². The molecule has 4 aromatic rings. The maximum Gasteiger partial charge on any atom is 0.119 e. The van der Waals surface area contributed by atoms with Crippen molar-refractivity contribution in [1.29, 1.82) is 0 Å². The van der Waals surface area contributed by atoms with Crippen LogP contribution in [0.25, 0.3) is 22.3 Å². The van der Waals surface area contributed by atoms with Crippen molar-refractivity contribution in [2.45, 2.75) is 134 Å². The molecule has 6 rings (SSSR count). The van der Waals surface area contributed by atoms with Crippen molar-refractivity contribution in [3.63, 3.8) is 0 Å². The summed E-state index contributed by atoms with van der Waals surface area (Å²) in [5, 5.41) is 17.9. The zero-order valence-corrected chi connectivity index (χ0v) is 32.3. The van der Waals surface area contributed by atoms with Gasteiger partial charge in [-0.2, -0.15) is 0 Å². The molecule has 0 amide bonds. The smallest absolute Gasteiger partial charge is 0.119 e. The molecular formula is C49H64O4. The molecule has 4 aromatic carbocycles. The van der Waals surface area contributed by atoms with Crippen LogP contribution in [-0.2, 0) is 5.41 Å². The van der Waals surface area contributed by atoms with Crippen molar-refractivity contribution >= 4 is 0 Å². The Morgan fingerprint density at radius 3 is 1.04 bits per heavy atom. The first kappa shape index (κ1) is 39.1. The first-order chi connectivity index (χ1) is 26.3. The molecule has 0 aliphatic heterocycles. The third-order valence-corrected chi connectivity index (χ3v) is 11.7. The van der Waals surface area contributed by atoms with E-state index in [1.54, 1.807) is 0 Å². The molecule has 284 valence electrons. The summed E-state index contributed by atoms with van der Waals surface area (Å²) >= 11 is 0. The minimum atomic E-state index is -0.410. The number of hydrogen-bond acceptors (Lipinski definition) is 4. The Labute approximate surface area is 320 Å². The first-order valence-corrected chi connectivity index (χ1v) is 21.2. The molecule has 0 aromatic heterocycles. The normalized spacial score (nSPS) is 13.2. The summed E-state index contributed by atoms with van der Waals surface area (Å²) in [6.45, 7) is 2.15. The molecule has 0 heterocycles. The van der Waals surface area contributed by atoms with Crippen molar-refractivity contribution in [1.82, 2.24) is 0 Å². The molecule has 0 atom stereocenters. The summed E-state index contributed by atoms with van der Waals surface area (Å²) in [7, 11) is 0. The third kappa shape index (κ3) is 9.56. The third-order valence-electron chi connectivity index (χ3n) is 11.7. The van der Waals surface area contributed by atoms with Crippen molar-refractivity contribution in [3.05, 3.63) is 107 Å². The lowest BCUT2D eigenvalue weighted by Gasteiger charge is -2.30. The summed E-state index contributed by atoms with van der Waals surface area (Å²) in [5.41, 5.74) is 10.1. The van der Waals surface area contributed by atoms with Crippen LogP contribution in [0.1, 0.15) is 151 Å². The fourth-order valence-corrected chi connectivity index (χ4v) is 8.91. The van der Waals surface area contributed by atoms with Gasteiger partial charge in [-0.25, -0.2) is 0 Å². The zero-order chi connectivity index (χ0) is 36.6. The predicted octanol–water partition coefficient (Wildman–Crippen LogP) is 12.6. The van der Waals surface area contributed by atoms with Gasteiger partial charge in [-0.05, 0) is 94.5 Å². The highest BCUT2D eigenvalue weighted by molar-refractivity contribution is 5.95. The van der Waals surface area contributed by atoms with Crippen LogP contribution >= 0.6 is 0 Å². The number of rotatable bonds is 26. The van der Waals surface area contributed by atoms with E-state index >= 15 is 0 Å². The highest BCUT2D eigenvalue weighted by Gasteiger charge is 2.51. The molecule has 0 unspecified atom stereocenters. The van der Waals surface area contributed by atoms with Crippen LogP contribution in [0.3, 0.4) is 0 Å². The van der Waals surface area contributed by atoms with Crippen LogP contribution in [0.15, 0.2) is 84.9 Å². The molecular weight excluding hydrogens is 653 g/mol. The van der Waals surface area contributed by atoms with Crippen molar-refractivity contribution in [2.75, 3.05) is 26.4 Å². The minimum absolute atomic E-state index is 0.330. The number of ether oxygens (including phenoxy) is 2. The molecule has 0 saturated heterocycles. The molecule has 2 aliphatic carbocycles. The number of benzene rings is 4. The second-order valence-electron chi connectivity index (χ2n) is 15.5. The first-order valence-electron chi connectivity index (χ1n) is 21.2. The molecule has 0 bridgehead atoms. The lowest BCUT2D eigenvalue weighted by atomic mass is 9.70. The molecule has 2 N–H and O–H groups in total. The van der Waals surface area contributed by atoms with Crippen LogP contribution in [0, 0.1) is 0 Å². The van der Waals surface area contributed by atoms with Gasteiger partial charge in [0.05, 0.1) is 18.6 Å². The molecule has 0 saturated carbocycles. The summed E-state index contributed by atoms with van der Waals surface area (Å²) in [6.07, 6.45) is 24.3. The minimum Gasteiger partial charge on any atom is -0.494 e. The van der Waals surface area contributed by atoms with Gasteiger partial charge in [-0.15, -0.1) is 0 Å². The van der Waals surface area contributed by atoms with E-state index in [0.717, 1.165) is 63.2 Å². The second kappa shape index (κ2) is 20.7. The van der Waals surface area contributed by atoms with Crippen molar-refractivity contribution < 1.29 is 19.7 Å². The van der Waals surface area contributed by atoms with E-state index in [1.165, 1.54) is 134 Å². The monoisotopic (exact) mass is 716 g/mol. The molecule has 2 aliphatic rings. The highest BCUT2D eigenvalue weighted by atomic mass is 16.5. The molecule has 1 spiro atoms. The lowest BCUT2D eigenvalue weighted by Crippen LogP contribution is -2.26. The van der Waals surface area contributed by atoms with Crippen LogP contribution in [0.4, 0.5) is 0 Å². The van der Waals surface area contributed by atoms with Crippen molar-refractivity contribution in [3.8, 4) is 33.8 Å². The topological polar surface area (TPSA) is 58.9 Å². The summed E-state index contributed by atoms with van der Waals surface area (Å²) in [5.74, 6) is 1.91. The summed E-state index contributed by atoms with van der Waals surface area (Å²) < 4.78 is 13.0. The molecule has 4 heteroatoms. The SMILES string of the molecule is OCCCCCCCCCCCCOc1ccc2c(c1)C1(c3ccccc3-2)c2ccccc2-c2ccc(OCCCCCCCCCCCCO)cc21. The van der Waals surface area contributed by atoms with Gasteiger partial charge in [-0.3, -0.25) is 0 Å². The number of aliphatic hydroxyl groups is 2. The highest BCUT2D eigenvalue weighted by Crippen LogP contribution is 2.63. The Hall–Kier alpha value is -3.60. The molecule has 4 nitrogen and oxygen atoms in total. The molecule has 0 radical (unpaired) electrons. The van der Waals surface area contributed by atoms with Gasteiger partial charge in [0.2, 0.25) is 0 Å². The van der Waals surface area contributed by atoms with E-state index in [9.17, 15) is 0 Å². The van der Waals surface area contributed by atoms with Crippen LogP contribution < -0.4 is 9.47 Å². The van der Waals surface area contributed by atoms with E-state index in [-0.39, 0.29) is 0 Å². The van der Waals surface area contributed by atoms with Gasteiger partial charge in [0, 0.05) is 13.2 Å². The van der Waals surface area contributed by atoms with Gasteiger partial charge in [-0.1, -0.05) is 163 Å². The maximum absolute atomic E-state index is 8.95. The van der Waals surface area contributed by atoms with E-state index in [0.29, 0.717) is 13.2 Å². The van der Waals surface area contributed by atoms with Gasteiger partial charge in [0.25, 0.3) is 0 Å². The molecule has 53 heavy (non-hydrogen) atoms. The van der Waals surface area contributed by atoms with E-state index < -0.39 is 5.41 Å². The Morgan fingerprint density at radius 2 is 0.660 bits per heavy atom. The van der Waals surface area contributed by atoms with Gasteiger partial charge in [0.15, 0.2) is 0 Å². The Kier molecular flexibility index (Phi) is 15.3. The fraction of sp³-hybridized carbons (Fsp3) is 0.510. The number of hydrogen-bond donors (Lipinski definition) is 2. The van der Waals surface area contributed by atoms with E-state index in [4.69, 9.17) is 19.7 Å². The Morgan fingerprint density at radius 1 is 0.340 bits per heavy atom. The Balaban J connectivity index is 1.09. The second-order valence-corrected chi connectivity index (χ2v) is 15.5. The number of unbranched alkanes of at least 4 members (excludes halogenated alkanes) is 18. The predicted molar refractivity (Wildman–Crippen MR) is 220 cm³/mol. The summed E-state index contributed by atoms with van der Waals surface area (Å²) in [4.78, 5) is 0. The maximum atomic E-state index is 8.95. The fourth-order valence-electron chi connectivity index (χ4n) is 8.91. The zero-order valence-electron chi connectivity index (χ0n) is 32.3. The lowest BCUT2D eigenvalue weighted by molar-refractivity contribution is 0.282. The van der Waals surface area contributed by atoms with E-state index in [1.807, 2.05) is 0 Å². The van der Waals surface area contributed by atoms with Crippen LogP contribution in [0.5, 0.6) is 11.5 Å². The summed E-state index contributed by atoms with van der Waals surface area (Å²) in [6, 6.07) is 31.6. The van der Waals surface area contributed by atoms with Gasteiger partial charge in [0.1, 0.15) is 11.5 Å². The standard InChI is InChI=1S/C49H64O4/c50-33-21-13-9-5-1-3-7-11-15-23-35-52-39-29-31-43-41-25-17-19-27-45(41)49(47(43)37-39)46-28-20-18-26-42(46)44-32-30-40(38-48(44)49)53-36-24-16-12-8-4-2-6-10-14-22-34-51/h17-20,25-32,37-38,50-51H,1-16,21-24,33-36H2. The quantitative estimate of drug-likeness (QED) is 0.0549. The van der Waals surface area contributed by atoms with Gasteiger partial charge >= 0.3 is 0 Å². The average molecular weight is 717 g/mol. The number of aliphatic hydroxyl groups excluding tert-OH is 2.